The summed E-state index contributed by atoms with van der Waals surface area (Å²) in [5.41, 5.74) is 3.48. The number of hydrogen-bond donors (Lipinski definition) is 1. The molecule has 20 heavy (non-hydrogen) atoms. The molecule has 98 valence electrons. The molecule has 1 aromatic carbocycles. The number of aryl methyl sites for hydroxylation is 1. The molecule has 0 fully saturated rings. The molecule has 0 radical (unpaired) electrons. The van der Waals surface area contributed by atoms with Gasteiger partial charge in [0.2, 0.25) is 0 Å². The molecule has 0 saturated heterocycles. The highest BCUT2D eigenvalue weighted by atomic mass is 32.1. The van der Waals surface area contributed by atoms with Crippen molar-refractivity contribution in [3.05, 3.63) is 36.3 Å². The predicted molar refractivity (Wildman–Crippen MR) is 76.2 cm³/mol. The molecule has 4 aromatic rings. The summed E-state index contributed by atoms with van der Waals surface area (Å²) < 4.78 is 10.2. The van der Waals surface area contributed by atoms with Gasteiger partial charge in [-0.05, 0) is 19.1 Å². The summed E-state index contributed by atoms with van der Waals surface area (Å²) >= 11 is 1.20. The summed E-state index contributed by atoms with van der Waals surface area (Å²) in [4.78, 5) is 8.42. The van der Waals surface area contributed by atoms with E-state index in [1.807, 2.05) is 31.2 Å². The van der Waals surface area contributed by atoms with E-state index in [0.29, 0.717) is 5.78 Å². The van der Waals surface area contributed by atoms with E-state index in [-0.39, 0.29) is 0 Å². The minimum Gasteiger partial charge on any atom is -0.338 e. The van der Waals surface area contributed by atoms with Gasteiger partial charge < -0.3 is 5.32 Å². The number of benzene rings is 1. The molecule has 3 heterocycles. The van der Waals surface area contributed by atoms with Crippen molar-refractivity contribution in [3.63, 3.8) is 0 Å². The zero-order chi connectivity index (χ0) is 13.5. The van der Waals surface area contributed by atoms with Crippen LogP contribution in [0.25, 0.3) is 16.8 Å². The SMILES string of the molecule is Cc1cc(Nc2cccc3nsnc23)n2ncnc2n1. The summed E-state index contributed by atoms with van der Waals surface area (Å²) in [6.07, 6.45) is 1.48. The molecule has 0 amide bonds. The maximum atomic E-state index is 4.31. The Morgan fingerprint density at radius 2 is 2.20 bits per heavy atom. The van der Waals surface area contributed by atoms with Crippen LogP contribution in [0.2, 0.25) is 0 Å². The van der Waals surface area contributed by atoms with E-state index in [4.69, 9.17) is 0 Å². The van der Waals surface area contributed by atoms with Crippen molar-refractivity contribution in [2.24, 2.45) is 0 Å². The smallest absolute Gasteiger partial charge is 0.254 e. The molecule has 0 aliphatic heterocycles. The highest BCUT2D eigenvalue weighted by molar-refractivity contribution is 7.00. The lowest BCUT2D eigenvalue weighted by Crippen LogP contribution is -2.03. The van der Waals surface area contributed by atoms with Crippen LogP contribution in [0.15, 0.2) is 30.6 Å². The van der Waals surface area contributed by atoms with Crippen molar-refractivity contribution in [2.45, 2.75) is 6.92 Å². The van der Waals surface area contributed by atoms with E-state index in [1.54, 1.807) is 4.52 Å². The van der Waals surface area contributed by atoms with Crippen molar-refractivity contribution < 1.29 is 0 Å². The van der Waals surface area contributed by atoms with Crippen molar-refractivity contribution >= 4 is 40.0 Å². The number of rotatable bonds is 2. The first kappa shape index (κ1) is 11.2. The number of hydrogen-bond acceptors (Lipinski definition) is 7. The number of anilines is 2. The molecule has 0 aliphatic rings. The molecular formula is C12H9N7S. The van der Waals surface area contributed by atoms with Crippen molar-refractivity contribution in [1.29, 1.82) is 0 Å². The zero-order valence-corrected chi connectivity index (χ0v) is 11.3. The van der Waals surface area contributed by atoms with Crippen LogP contribution in [0.5, 0.6) is 0 Å². The van der Waals surface area contributed by atoms with Crippen molar-refractivity contribution in [1.82, 2.24) is 28.3 Å². The number of nitrogens with zero attached hydrogens (tertiary/aromatic N) is 6. The molecule has 0 atom stereocenters. The fourth-order valence-electron chi connectivity index (χ4n) is 2.06. The Balaban J connectivity index is 1.88. The first-order valence-electron chi connectivity index (χ1n) is 5.97. The maximum absolute atomic E-state index is 4.31. The van der Waals surface area contributed by atoms with E-state index in [1.165, 1.54) is 18.1 Å². The summed E-state index contributed by atoms with van der Waals surface area (Å²) in [6, 6.07) is 7.76. The second-order valence-electron chi connectivity index (χ2n) is 4.32. The molecule has 0 unspecified atom stereocenters. The third-order valence-electron chi connectivity index (χ3n) is 2.93. The zero-order valence-electron chi connectivity index (χ0n) is 10.5. The summed E-state index contributed by atoms with van der Waals surface area (Å²) in [7, 11) is 0. The van der Waals surface area contributed by atoms with Gasteiger partial charge in [-0.1, -0.05) is 6.07 Å². The first-order valence-corrected chi connectivity index (χ1v) is 6.70. The van der Waals surface area contributed by atoms with E-state index in [9.17, 15) is 0 Å². The van der Waals surface area contributed by atoms with Crippen LogP contribution in [0.3, 0.4) is 0 Å². The Morgan fingerprint density at radius 1 is 1.25 bits per heavy atom. The standard InChI is InChI=1S/C12H9N7S/c1-7-5-10(19-12(15-7)13-6-14-19)16-8-3-2-4-9-11(8)18-20-17-9/h2-6,16H,1H3. The van der Waals surface area contributed by atoms with Gasteiger partial charge in [0.1, 0.15) is 23.2 Å². The molecule has 8 heteroatoms. The normalized spacial score (nSPS) is 11.2. The highest BCUT2D eigenvalue weighted by Gasteiger charge is 2.09. The topological polar surface area (TPSA) is 80.9 Å². The molecule has 4 rings (SSSR count). The Hall–Kier alpha value is -2.61. The van der Waals surface area contributed by atoms with Crippen LogP contribution < -0.4 is 5.32 Å². The molecule has 0 spiro atoms. The number of fused-ring (bicyclic) bond motifs is 2. The minimum absolute atomic E-state index is 0.566. The van der Waals surface area contributed by atoms with Crippen LogP contribution in [-0.2, 0) is 0 Å². The number of aromatic nitrogens is 6. The Labute approximate surface area is 117 Å². The minimum atomic E-state index is 0.566. The summed E-state index contributed by atoms with van der Waals surface area (Å²) in [5.74, 6) is 1.36. The third kappa shape index (κ3) is 1.69. The van der Waals surface area contributed by atoms with Crippen LogP contribution in [0.4, 0.5) is 11.5 Å². The Bertz CT molecular complexity index is 910. The quantitative estimate of drug-likeness (QED) is 0.607. The second-order valence-corrected chi connectivity index (χ2v) is 4.85. The van der Waals surface area contributed by atoms with Gasteiger partial charge >= 0.3 is 0 Å². The molecule has 1 N–H and O–H groups in total. The van der Waals surface area contributed by atoms with Crippen LogP contribution >= 0.6 is 11.7 Å². The lowest BCUT2D eigenvalue weighted by Gasteiger charge is -2.08. The first-order chi connectivity index (χ1) is 9.81. The average Bonchev–Trinajstić information content (AvgIpc) is 3.06. The molecule has 0 bridgehead atoms. The van der Waals surface area contributed by atoms with Gasteiger partial charge in [-0.25, -0.2) is 4.98 Å². The van der Waals surface area contributed by atoms with E-state index in [0.717, 1.165) is 28.2 Å². The summed E-state index contributed by atoms with van der Waals surface area (Å²) in [6.45, 7) is 1.92. The van der Waals surface area contributed by atoms with Gasteiger partial charge in [-0.15, -0.1) is 0 Å². The third-order valence-corrected chi connectivity index (χ3v) is 3.47. The second kappa shape index (κ2) is 4.20. The van der Waals surface area contributed by atoms with Crippen LogP contribution in [0.1, 0.15) is 5.69 Å². The van der Waals surface area contributed by atoms with Crippen molar-refractivity contribution in [2.75, 3.05) is 5.32 Å². The van der Waals surface area contributed by atoms with Crippen molar-refractivity contribution in [3.8, 4) is 0 Å². The maximum Gasteiger partial charge on any atom is 0.254 e. The monoisotopic (exact) mass is 283 g/mol. The molecule has 0 saturated carbocycles. The molecule has 3 aromatic heterocycles. The lowest BCUT2D eigenvalue weighted by molar-refractivity contribution is 0.937. The van der Waals surface area contributed by atoms with Gasteiger partial charge in [-0.2, -0.15) is 23.3 Å². The fourth-order valence-corrected chi connectivity index (χ4v) is 2.61. The average molecular weight is 283 g/mol. The van der Waals surface area contributed by atoms with Crippen LogP contribution in [0, 0.1) is 6.92 Å². The van der Waals surface area contributed by atoms with E-state index >= 15 is 0 Å². The summed E-state index contributed by atoms with van der Waals surface area (Å²) in [5, 5.41) is 7.50. The molecular weight excluding hydrogens is 274 g/mol. The highest BCUT2D eigenvalue weighted by Crippen LogP contribution is 2.25. The predicted octanol–water partition coefficient (Wildman–Crippen LogP) is 2.18. The number of nitrogens with one attached hydrogen (secondary N) is 1. The molecule has 7 nitrogen and oxygen atoms in total. The van der Waals surface area contributed by atoms with Gasteiger partial charge in [-0.3, -0.25) is 0 Å². The Morgan fingerprint density at radius 3 is 3.15 bits per heavy atom. The van der Waals surface area contributed by atoms with Gasteiger partial charge in [0.15, 0.2) is 0 Å². The van der Waals surface area contributed by atoms with Gasteiger partial charge in [0.05, 0.1) is 17.4 Å². The van der Waals surface area contributed by atoms with E-state index < -0.39 is 0 Å². The molecule has 0 aliphatic carbocycles. The van der Waals surface area contributed by atoms with Gasteiger partial charge in [0, 0.05) is 11.8 Å². The van der Waals surface area contributed by atoms with Crippen LogP contribution in [-0.4, -0.2) is 28.3 Å². The Kier molecular flexibility index (Phi) is 2.36. The fraction of sp³-hybridized carbons (Fsp3) is 0.0833. The van der Waals surface area contributed by atoms with E-state index in [2.05, 4.69) is 29.1 Å². The largest absolute Gasteiger partial charge is 0.338 e. The lowest BCUT2D eigenvalue weighted by atomic mass is 10.2. The van der Waals surface area contributed by atoms with Gasteiger partial charge in [0.25, 0.3) is 5.78 Å².